The monoisotopic (exact) mass is 358 g/mol. The maximum Gasteiger partial charge on any atom is 0.251 e. The molecule has 1 saturated carbocycles. The molecule has 1 fully saturated rings. The molecule has 1 aromatic heterocycles. The fraction of sp³-hybridized carbons (Fsp3) is 0.333. The molecule has 1 aliphatic heterocycles. The van der Waals surface area contributed by atoms with Gasteiger partial charge in [-0.05, 0) is 53.4 Å². The lowest BCUT2D eigenvalue weighted by Gasteiger charge is -2.22. The summed E-state index contributed by atoms with van der Waals surface area (Å²) < 4.78 is 10.5. The molecule has 2 aromatic rings. The molecule has 1 N–H and O–H groups in total. The first kappa shape index (κ1) is 16.0. The third kappa shape index (κ3) is 3.61. The van der Waals surface area contributed by atoms with Gasteiger partial charge in [0, 0.05) is 18.2 Å². The van der Waals surface area contributed by atoms with Crippen LogP contribution in [-0.4, -0.2) is 36.1 Å². The van der Waals surface area contributed by atoms with E-state index in [1.54, 1.807) is 29.5 Å². The fourth-order valence-electron chi connectivity index (χ4n) is 2.78. The maximum atomic E-state index is 12.5. The molecule has 2 aliphatic rings. The van der Waals surface area contributed by atoms with Crippen LogP contribution in [0.25, 0.3) is 0 Å². The number of carbonyl (C=O) groups excluding carboxylic acids is 2. The molecule has 0 unspecified atom stereocenters. The maximum absolute atomic E-state index is 12.5. The number of fused-ring (bicyclic) bond motifs is 1. The molecular weight excluding hydrogens is 340 g/mol. The summed E-state index contributed by atoms with van der Waals surface area (Å²) in [7, 11) is 0. The van der Waals surface area contributed by atoms with Crippen LogP contribution in [0.2, 0.25) is 0 Å². The van der Waals surface area contributed by atoms with Crippen molar-refractivity contribution in [1.29, 1.82) is 0 Å². The predicted octanol–water partition coefficient (Wildman–Crippen LogP) is 2.40. The molecule has 130 valence electrons. The number of nitrogens with one attached hydrogen (secondary N) is 1. The Morgan fingerprint density at radius 1 is 1.20 bits per heavy atom. The van der Waals surface area contributed by atoms with Crippen molar-refractivity contribution >= 4 is 23.2 Å². The molecule has 1 aliphatic carbocycles. The second-order valence-corrected chi connectivity index (χ2v) is 6.92. The molecular formula is C18H18N2O4S. The van der Waals surface area contributed by atoms with E-state index >= 15 is 0 Å². The van der Waals surface area contributed by atoms with E-state index in [-0.39, 0.29) is 25.2 Å². The van der Waals surface area contributed by atoms with Crippen LogP contribution in [0.15, 0.2) is 35.0 Å². The topological polar surface area (TPSA) is 67.9 Å². The van der Waals surface area contributed by atoms with Gasteiger partial charge in [0.25, 0.3) is 5.91 Å². The number of benzene rings is 1. The Hall–Kier alpha value is -2.54. The third-order valence-electron chi connectivity index (χ3n) is 4.28. The SMILES string of the molecule is O=C(NCC(=O)N(Cc1ccsc1)C1CC1)c1ccc2c(c1)OCO2. The van der Waals surface area contributed by atoms with E-state index < -0.39 is 0 Å². The van der Waals surface area contributed by atoms with Gasteiger partial charge in [0.15, 0.2) is 11.5 Å². The molecule has 2 amide bonds. The molecule has 1 aromatic carbocycles. The first-order chi connectivity index (χ1) is 12.2. The highest BCUT2D eigenvalue weighted by Gasteiger charge is 2.32. The van der Waals surface area contributed by atoms with Crippen LogP contribution in [-0.2, 0) is 11.3 Å². The lowest BCUT2D eigenvalue weighted by atomic mass is 10.2. The van der Waals surface area contributed by atoms with E-state index in [4.69, 9.17) is 9.47 Å². The number of hydrogen-bond donors (Lipinski definition) is 1. The highest BCUT2D eigenvalue weighted by atomic mass is 32.1. The van der Waals surface area contributed by atoms with Crippen LogP contribution in [0.3, 0.4) is 0 Å². The standard InChI is InChI=1S/C18H18N2O4S/c21-17(20(14-2-3-14)9-12-5-6-25-10-12)8-19-18(22)13-1-4-15-16(7-13)24-11-23-15/h1,4-7,10,14H,2-3,8-9,11H2,(H,19,22). The van der Waals surface area contributed by atoms with Gasteiger partial charge < -0.3 is 19.7 Å². The minimum atomic E-state index is -0.294. The molecule has 0 spiro atoms. The first-order valence-electron chi connectivity index (χ1n) is 8.19. The Morgan fingerprint density at radius 2 is 2.04 bits per heavy atom. The Kier molecular flexibility index (Phi) is 4.31. The zero-order chi connectivity index (χ0) is 17.2. The highest BCUT2D eigenvalue weighted by Crippen LogP contribution is 2.32. The van der Waals surface area contributed by atoms with Gasteiger partial charge in [-0.3, -0.25) is 9.59 Å². The Morgan fingerprint density at radius 3 is 2.80 bits per heavy atom. The molecule has 0 saturated heterocycles. The van der Waals surface area contributed by atoms with Crippen molar-refractivity contribution in [1.82, 2.24) is 10.2 Å². The van der Waals surface area contributed by atoms with Gasteiger partial charge in [-0.15, -0.1) is 0 Å². The number of amides is 2. The molecule has 0 radical (unpaired) electrons. The number of thiophene rings is 1. The zero-order valence-electron chi connectivity index (χ0n) is 13.6. The van der Waals surface area contributed by atoms with Gasteiger partial charge in [0.05, 0.1) is 6.54 Å². The van der Waals surface area contributed by atoms with E-state index in [1.807, 2.05) is 21.7 Å². The molecule has 7 heteroatoms. The van der Waals surface area contributed by atoms with E-state index in [0.717, 1.165) is 18.4 Å². The zero-order valence-corrected chi connectivity index (χ0v) is 14.4. The summed E-state index contributed by atoms with van der Waals surface area (Å²) >= 11 is 1.62. The van der Waals surface area contributed by atoms with E-state index in [2.05, 4.69) is 5.32 Å². The Labute approximate surface area is 149 Å². The predicted molar refractivity (Wildman–Crippen MR) is 92.8 cm³/mol. The number of hydrogen-bond acceptors (Lipinski definition) is 5. The summed E-state index contributed by atoms with van der Waals surface area (Å²) in [5, 5.41) is 6.76. The smallest absolute Gasteiger partial charge is 0.251 e. The number of rotatable bonds is 6. The Balaban J connectivity index is 1.36. The van der Waals surface area contributed by atoms with Crippen molar-refractivity contribution in [2.75, 3.05) is 13.3 Å². The molecule has 2 heterocycles. The summed E-state index contributed by atoms with van der Waals surface area (Å²) in [6.45, 7) is 0.763. The van der Waals surface area contributed by atoms with Crippen LogP contribution in [0.5, 0.6) is 11.5 Å². The van der Waals surface area contributed by atoms with Gasteiger partial charge in [-0.1, -0.05) is 0 Å². The van der Waals surface area contributed by atoms with Gasteiger partial charge in [0.1, 0.15) is 0 Å². The largest absolute Gasteiger partial charge is 0.454 e. The van der Waals surface area contributed by atoms with Crippen LogP contribution < -0.4 is 14.8 Å². The average Bonchev–Trinajstić information content (AvgIpc) is 3.13. The highest BCUT2D eigenvalue weighted by molar-refractivity contribution is 7.07. The average molecular weight is 358 g/mol. The summed E-state index contributed by atoms with van der Waals surface area (Å²) in [6, 6.07) is 7.32. The first-order valence-corrected chi connectivity index (χ1v) is 9.13. The van der Waals surface area contributed by atoms with Gasteiger partial charge in [0.2, 0.25) is 12.7 Å². The minimum Gasteiger partial charge on any atom is -0.454 e. The van der Waals surface area contributed by atoms with Crippen molar-refractivity contribution in [2.45, 2.75) is 25.4 Å². The van der Waals surface area contributed by atoms with E-state index in [9.17, 15) is 9.59 Å². The lowest BCUT2D eigenvalue weighted by molar-refractivity contribution is -0.131. The van der Waals surface area contributed by atoms with Crippen molar-refractivity contribution in [2.24, 2.45) is 0 Å². The number of carbonyl (C=O) groups is 2. The second kappa shape index (κ2) is 6.76. The van der Waals surface area contributed by atoms with Crippen LogP contribution in [0.1, 0.15) is 28.8 Å². The minimum absolute atomic E-state index is 0.00604. The van der Waals surface area contributed by atoms with Gasteiger partial charge in [-0.25, -0.2) is 0 Å². The quantitative estimate of drug-likeness (QED) is 0.861. The van der Waals surface area contributed by atoms with E-state index in [1.165, 1.54) is 0 Å². The summed E-state index contributed by atoms with van der Waals surface area (Å²) in [5.74, 6) is 0.833. The molecule has 4 rings (SSSR count). The second-order valence-electron chi connectivity index (χ2n) is 6.14. The van der Waals surface area contributed by atoms with Crippen LogP contribution in [0.4, 0.5) is 0 Å². The summed E-state index contributed by atoms with van der Waals surface area (Å²) in [5.41, 5.74) is 1.58. The van der Waals surface area contributed by atoms with Crippen molar-refractivity contribution in [3.05, 3.63) is 46.2 Å². The lowest BCUT2D eigenvalue weighted by Crippen LogP contribution is -2.41. The molecule has 0 atom stereocenters. The normalized spacial score (nSPS) is 15.0. The van der Waals surface area contributed by atoms with Crippen molar-refractivity contribution in [3.8, 4) is 11.5 Å². The Bertz CT molecular complexity index is 786. The van der Waals surface area contributed by atoms with E-state index in [0.29, 0.717) is 29.6 Å². The number of nitrogens with zero attached hydrogens (tertiary/aromatic N) is 1. The summed E-state index contributed by atoms with van der Waals surface area (Å²) in [6.07, 6.45) is 2.07. The fourth-order valence-corrected chi connectivity index (χ4v) is 3.44. The van der Waals surface area contributed by atoms with Crippen molar-refractivity contribution in [3.63, 3.8) is 0 Å². The summed E-state index contributed by atoms with van der Waals surface area (Å²) in [4.78, 5) is 26.7. The molecule has 6 nitrogen and oxygen atoms in total. The van der Waals surface area contributed by atoms with Gasteiger partial charge >= 0.3 is 0 Å². The molecule has 0 bridgehead atoms. The van der Waals surface area contributed by atoms with Crippen LogP contribution >= 0.6 is 11.3 Å². The number of ether oxygens (including phenoxy) is 2. The third-order valence-corrected chi connectivity index (χ3v) is 5.01. The van der Waals surface area contributed by atoms with Gasteiger partial charge in [-0.2, -0.15) is 11.3 Å². The van der Waals surface area contributed by atoms with Crippen molar-refractivity contribution < 1.29 is 19.1 Å². The van der Waals surface area contributed by atoms with Crippen LogP contribution in [0, 0.1) is 0 Å². The molecule has 25 heavy (non-hydrogen) atoms.